The van der Waals surface area contributed by atoms with Crippen molar-refractivity contribution in [1.29, 1.82) is 0 Å². The molecule has 0 aromatic carbocycles. The fourth-order valence-corrected chi connectivity index (χ4v) is 5.24. The lowest BCUT2D eigenvalue weighted by molar-refractivity contribution is 0.584. The molecule has 2 rings (SSSR count). The third-order valence-electron chi connectivity index (χ3n) is 2.05. The van der Waals surface area contributed by atoms with Gasteiger partial charge in [-0.2, -0.15) is 0 Å². The van der Waals surface area contributed by atoms with Gasteiger partial charge < -0.3 is 0 Å². The van der Waals surface area contributed by atoms with Crippen LogP contribution in [0.3, 0.4) is 0 Å². The van der Waals surface area contributed by atoms with Crippen LogP contribution in [0.1, 0.15) is 9.75 Å². The lowest BCUT2D eigenvalue weighted by Crippen LogP contribution is -2.21. The van der Waals surface area contributed by atoms with Crippen LogP contribution in [0, 0.1) is 6.92 Å². The first-order chi connectivity index (χ1) is 7.97. The van der Waals surface area contributed by atoms with Gasteiger partial charge in [-0.1, -0.05) is 0 Å². The van der Waals surface area contributed by atoms with Crippen LogP contribution < -0.4 is 4.72 Å². The average Bonchev–Trinajstić information content (AvgIpc) is 2.85. The van der Waals surface area contributed by atoms with Gasteiger partial charge in [-0.25, -0.2) is 13.1 Å². The van der Waals surface area contributed by atoms with Gasteiger partial charge in [0.2, 0.25) is 10.0 Å². The average molecular weight is 352 g/mol. The molecule has 0 atom stereocenters. The first kappa shape index (κ1) is 13.2. The van der Waals surface area contributed by atoms with E-state index in [4.69, 9.17) is 0 Å². The number of rotatable bonds is 4. The van der Waals surface area contributed by atoms with E-state index in [-0.39, 0.29) is 0 Å². The molecular formula is C10H10BrNO2S3. The summed E-state index contributed by atoms with van der Waals surface area (Å²) < 4.78 is 27.5. The number of thiophene rings is 2. The maximum Gasteiger partial charge on any atom is 0.250 e. The molecule has 1 N–H and O–H groups in total. The smallest absolute Gasteiger partial charge is 0.206 e. The quantitative estimate of drug-likeness (QED) is 0.917. The summed E-state index contributed by atoms with van der Waals surface area (Å²) in [6.45, 7) is 2.34. The van der Waals surface area contributed by atoms with Crippen molar-refractivity contribution < 1.29 is 8.42 Å². The molecular weight excluding hydrogens is 342 g/mol. The Morgan fingerprint density at radius 1 is 1.24 bits per heavy atom. The molecule has 92 valence electrons. The van der Waals surface area contributed by atoms with Crippen molar-refractivity contribution in [3.05, 3.63) is 37.8 Å². The Kier molecular flexibility index (Phi) is 4.04. The molecule has 0 aliphatic rings. The van der Waals surface area contributed by atoms with Crippen molar-refractivity contribution in [2.75, 3.05) is 0 Å². The van der Waals surface area contributed by atoms with Crippen LogP contribution in [-0.2, 0) is 16.6 Å². The molecule has 7 heteroatoms. The monoisotopic (exact) mass is 351 g/mol. The first-order valence-corrected chi connectivity index (χ1v) is 8.68. The molecule has 0 fully saturated rings. The van der Waals surface area contributed by atoms with Gasteiger partial charge in [0.1, 0.15) is 4.21 Å². The van der Waals surface area contributed by atoms with Gasteiger partial charge in [-0.05, 0) is 47.1 Å². The Morgan fingerprint density at radius 3 is 2.53 bits per heavy atom. The summed E-state index contributed by atoms with van der Waals surface area (Å²) in [5.41, 5.74) is 0. The molecule has 0 bridgehead atoms. The predicted octanol–water partition coefficient (Wildman–Crippen LogP) is 3.36. The van der Waals surface area contributed by atoms with E-state index in [0.29, 0.717) is 10.8 Å². The lowest BCUT2D eigenvalue weighted by atomic mass is 10.4. The summed E-state index contributed by atoms with van der Waals surface area (Å²) >= 11 is 6.05. The van der Waals surface area contributed by atoms with E-state index in [2.05, 4.69) is 20.7 Å². The van der Waals surface area contributed by atoms with Gasteiger partial charge >= 0.3 is 0 Å². The number of halogens is 1. The van der Waals surface area contributed by atoms with Crippen LogP contribution in [0.25, 0.3) is 0 Å². The molecule has 0 saturated carbocycles. The normalized spacial score (nSPS) is 11.9. The molecule has 0 radical (unpaired) electrons. The molecule has 0 amide bonds. The Labute approximate surface area is 117 Å². The molecule has 0 aliphatic carbocycles. The van der Waals surface area contributed by atoms with E-state index >= 15 is 0 Å². The molecule has 2 aromatic heterocycles. The van der Waals surface area contributed by atoms with E-state index in [1.807, 2.05) is 19.1 Å². The van der Waals surface area contributed by atoms with Crippen LogP contribution in [0.15, 0.2) is 32.3 Å². The lowest BCUT2D eigenvalue weighted by Gasteiger charge is -2.02. The van der Waals surface area contributed by atoms with Gasteiger partial charge in [0.25, 0.3) is 0 Å². The summed E-state index contributed by atoms with van der Waals surface area (Å²) in [4.78, 5) is 2.19. The van der Waals surface area contributed by atoms with Crippen molar-refractivity contribution in [3.63, 3.8) is 0 Å². The third kappa shape index (κ3) is 3.38. The number of hydrogen-bond donors (Lipinski definition) is 1. The maximum atomic E-state index is 11.9. The fourth-order valence-electron chi connectivity index (χ4n) is 1.26. The summed E-state index contributed by atoms with van der Waals surface area (Å²) in [7, 11) is -3.38. The van der Waals surface area contributed by atoms with Crippen molar-refractivity contribution in [3.8, 4) is 0 Å². The molecule has 2 heterocycles. The molecule has 0 saturated heterocycles. The van der Waals surface area contributed by atoms with Crippen LogP contribution in [0.2, 0.25) is 0 Å². The zero-order chi connectivity index (χ0) is 12.5. The Hall–Kier alpha value is -0.210. The van der Waals surface area contributed by atoms with E-state index in [0.717, 1.165) is 8.66 Å². The van der Waals surface area contributed by atoms with Gasteiger partial charge in [-0.15, -0.1) is 22.7 Å². The predicted molar refractivity (Wildman–Crippen MR) is 75.1 cm³/mol. The summed E-state index contributed by atoms with van der Waals surface area (Å²) in [5.74, 6) is 0. The fraction of sp³-hybridized carbons (Fsp3) is 0.200. The Balaban J connectivity index is 2.08. The second-order valence-electron chi connectivity index (χ2n) is 3.40. The van der Waals surface area contributed by atoms with Crippen LogP contribution in [0.5, 0.6) is 0 Å². The molecule has 0 spiro atoms. The zero-order valence-electron chi connectivity index (χ0n) is 8.94. The standard InChI is InChI=1S/C10H10BrNO2S3/c1-7-2-3-8(15-7)6-12-17(13,14)10-5-4-9(11)16-10/h2-5,12H,6H2,1H3. The van der Waals surface area contributed by atoms with E-state index in [1.165, 1.54) is 16.2 Å². The minimum atomic E-state index is -3.38. The van der Waals surface area contributed by atoms with Crippen molar-refractivity contribution in [1.82, 2.24) is 4.72 Å². The number of nitrogens with one attached hydrogen (secondary N) is 1. The number of hydrogen-bond acceptors (Lipinski definition) is 4. The van der Waals surface area contributed by atoms with Gasteiger partial charge in [-0.3, -0.25) is 0 Å². The second-order valence-corrected chi connectivity index (χ2v) is 9.22. The van der Waals surface area contributed by atoms with Gasteiger partial charge in [0, 0.05) is 16.3 Å². The SMILES string of the molecule is Cc1ccc(CNS(=O)(=O)c2ccc(Br)s2)s1. The minimum absolute atomic E-state index is 0.331. The summed E-state index contributed by atoms with van der Waals surface area (Å²) in [6.07, 6.45) is 0. The van der Waals surface area contributed by atoms with E-state index in [9.17, 15) is 8.42 Å². The van der Waals surface area contributed by atoms with Crippen molar-refractivity contribution in [2.24, 2.45) is 0 Å². The van der Waals surface area contributed by atoms with E-state index in [1.54, 1.807) is 23.5 Å². The summed E-state index contributed by atoms with van der Waals surface area (Å²) in [5, 5.41) is 0. The number of sulfonamides is 1. The van der Waals surface area contributed by atoms with Gasteiger partial charge in [0.15, 0.2) is 0 Å². The minimum Gasteiger partial charge on any atom is -0.206 e. The molecule has 3 nitrogen and oxygen atoms in total. The first-order valence-electron chi connectivity index (χ1n) is 4.78. The largest absolute Gasteiger partial charge is 0.250 e. The highest BCUT2D eigenvalue weighted by molar-refractivity contribution is 9.11. The highest BCUT2D eigenvalue weighted by Gasteiger charge is 2.16. The van der Waals surface area contributed by atoms with Crippen LogP contribution in [-0.4, -0.2) is 8.42 Å². The highest BCUT2D eigenvalue weighted by atomic mass is 79.9. The number of aryl methyl sites for hydroxylation is 1. The summed E-state index contributed by atoms with van der Waals surface area (Å²) in [6, 6.07) is 7.24. The third-order valence-corrected chi connectivity index (χ3v) is 6.56. The van der Waals surface area contributed by atoms with E-state index < -0.39 is 10.0 Å². The Morgan fingerprint density at radius 2 is 2.00 bits per heavy atom. The zero-order valence-corrected chi connectivity index (χ0v) is 13.0. The molecule has 17 heavy (non-hydrogen) atoms. The highest BCUT2D eigenvalue weighted by Crippen LogP contribution is 2.26. The second kappa shape index (κ2) is 5.19. The van der Waals surface area contributed by atoms with Crippen LogP contribution >= 0.6 is 38.6 Å². The van der Waals surface area contributed by atoms with Crippen LogP contribution in [0.4, 0.5) is 0 Å². The molecule has 0 unspecified atom stereocenters. The maximum absolute atomic E-state index is 11.9. The molecule has 2 aromatic rings. The van der Waals surface area contributed by atoms with Gasteiger partial charge in [0.05, 0.1) is 3.79 Å². The van der Waals surface area contributed by atoms with Crippen molar-refractivity contribution in [2.45, 2.75) is 17.7 Å². The Bertz CT molecular complexity index is 615. The van der Waals surface area contributed by atoms with Crippen molar-refractivity contribution >= 4 is 48.6 Å². The topological polar surface area (TPSA) is 46.2 Å². The molecule has 0 aliphatic heterocycles.